The maximum Gasteiger partial charge on any atom is 0.308 e. The van der Waals surface area contributed by atoms with Crippen LogP contribution in [0.3, 0.4) is 0 Å². The minimum atomic E-state index is -2.23. The topological polar surface area (TPSA) is 136 Å². The lowest BCUT2D eigenvalue weighted by Crippen LogP contribution is -2.63. The Kier molecular flexibility index (Phi) is 11.9. The zero-order valence-corrected chi connectivity index (χ0v) is 39.0. The van der Waals surface area contributed by atoms with Crippen LogP contribution in [0.1, 0.15) is 118 Å². The number of fused-ring (bicyclic) bond motifs is 7. The van der Waals surface area contributed by atoms with Crippen LogP contribution in [0.25, 0.3) is 0 Å². The Bertz CT molecular complexity index is 1730. The highest BCUT2D eigenvalue weighted by Crippen LogP contribution is 2.55. The molecule has 0 radical (unpaired) electrons. The third-order valence-electron chi connectivity index (χ3n) is 17.0. The van der Waals surface area contributed by atoms with Gasteiger partial charge in [0.2, 0.25) is 0 Å². The van der Waals surface area contributed by atoms with Crippen LogP contribution in [0, 0.1) is 11.8 Å². The number of esters is 1. The van der Waals surface area contributed by atoms with Gasteiger partial charge in [-0.1, -0.05) is 47.8 Å². The highest BCUT2D eigenvalue weighted by atomic mass is 28.4. The molecule has 0 saturated carbocycles. The number of hydrogen-bond acceptors (Lipinski definition) is 13. The molecule has 62 heavy (non-hydrogen) atoms. The molecule has 11 rings (SSSR count). The lowest BCUT2D eigenvalue weighted by Gasteiger charge is -2.53. The van der Waals surface area contributed by atoms with Crippen molar-refractivity contribution in [3.8, 4) is 0 Å². The minimum Gasteiger partial charge on any atom is -0.459 e. The van der Waals surface area contributed by atoms with Crippen LogP contribution in [0.15, 0.2) is 24.3 Å². The van der Waals surface area contributed by atoms with Crippen LogP contribution in [0.2, 0.25) is 18.1 Å². The quantitative estimate of drug-likeness (QED) is 0.127. The van der Waals surface area contributed by atoms with Crippen LogP contribution < -0.4 is 0 Å². The molecule has 11 aliphatic rings. The summed E-state index contributed by atoms with van der Waals surface area (Å²) in [5, 5.41) is -0.0271. The third kappa shape index (κ3) is 8.08. The third-order valence-corrected chi connectivity index (χ3v) is 21.5. The van der Waals surface area contributed by atoms with E-state index in [0.29, 0.717) is 32.1 Å². The van der Waals surface area contributed by atoms with Gasteiger partial charge in [0.1, 0.15) is 42.9 Å². The molecule has 0 amide bonds. The Labute approximate surface area is 369 Å². The molecule has 0 aromatic rings. The minimum absolute atomic E-state index is 0.00318. The molecule has 11 aliphatic heterocycles. The summed E-state index contributed by atoms with van der Waals surface area (Å²) in [6.07, 6.45) is 4.10. The maximum atomic E-state index is 14.3. The van der Waals surface area contributed by atoms with Crippen molar-refractivity contribution in [3.05, 3.63) is 24.3 Å². The van der Waals surface area contributed by atoms with Crippen molar-refractivity contribution in [2.75, 3.05) is 0 Å². The maximum absolute atomic E-state index is 14.3. The average Bonchev–Trinajstić information content (AvgIpc) is 3.79. The summed E-state index contributed by atoms with van der Waals surface area (Å²) in [6.45, 7) is 24.5. The number of ether oxygens (including phenoxy) is 10. The fourth-order valence-electron chi connectivity index (χ4n) is 12.5. The van der Waals surface area contributed by atoms with Gasteiger partial charge in [0, 0.05) is 38.0 Å². The van der Waals surface area contributed by atoms with Crippen molar-refractivity contribution in [2.24, 2.45) is 11.8 Å². The zero-order valence-electron chi connectivity index (χ0n) is 38.0. The van der Waals surface area contributed by atoms with E-state index in [-0.39, 0.29) is 109 Å². The van der Waals surface area contributed by atoms with Gasteiger partial charge in [0.25, 0.3) is 0 Å². The van der Waals surface area contributed by atoms with Gasteiger partial charge < -0.3 is 56.6 Å². The summed E-state index contributed by atoms with van der Waals surface area (Å²) >= 11 is 0. The van der Waals surface area contributed by atoms with E-state index < -0.39 is 50.7 Å². The first-order valence-corrected chi connectivity index (χ1v) is 27.0. The lowest BCUT2D eigenvalue weighted by atomic mass is 9.79. The average molecular weight is 885 g/mol. The van der Waals surface area contributed by atoms with E-state index in [0.717, 1.165) is 56.0 Å². The van der Waals surface area contributed by atoms with Crippen molar-refractivity contribution in [2.45, 2.75) is 252 Å². The van der Waals surface area contributed by atoms with Crippen LogP contribution in [0.5, 0.6) is 0 Å². The fourth-order valence-corrected chi connectivity index (χ4v) is 13.8. The first kappa shape index (κ1) is 44.3. The van der Waals surface area contributed by atoms with Crippen LogP contribution in [-0.4, -0.2) is 136 Å². The van der Waals surface area contributed by atoms with Gasteiger partial charge in [0.15, 0.2) is 14.1 Å². The largest absolute Gasteiger partial charge is 0.459 e. The molecule has 1 spiro atoms. The first-order chi connectivity index (χ1) is 29.5. The Morgan fingerprint density at radius 1 is 0.710 bits per heavy atom. The summed E-state index contributed by atoms with van der Waals surface area (Å²) < 4.78 is 75.2. The SMILES string of the molecule is C=C1C[C@@H]2CC[C@]34C[C@H]5O[C@@H]6[C@@H](O3)[C@H]3O[C@H](CC[C@@H]3O[C@H]6[C@H]5O4)CC(=O)O[C@@H]3[C@@H](C)[C@@H]4O[C@H](CC=O)[C@H](O[Si](C)(C)C(C)(C)C)C[C@@H]4O[C@H]3C[C@H]3O[C@@H](CC[C@@H]1O2)C[C@@H](C)C3=C. The van der Waals surface area contributed by atoms with E-state index in [1.54, 1.807) is 0 Å². The summed E-state index contributed by atoms with van der Waals surface area (Å²) in [4.78, 5) is 26.4. The second kappa shape index (κ2) is 16.6. The van der Waals surface area contributed by atoms with E-state index in [2.05, 4.69) is 60.9 Å². The molecular weight excluding hydrogens is 813 g/mol. The standard InChI is InChI=1S/C48H72O13Si/c1-24-18-28-10-12-31-25(2)19-30(51-31)14-16-48-23-38-43(59-48)44-45(57-38)46(60-48)42-33(56-44)13-11-29(53-42)20-39(50)58-41-27(4)40-37(54-36(41)21-34(52-28)26(24)3)22-35(32(55-40)15-17-49)61-62(8,9)47(5,6)7/h17,24,27-38,40-46H,2-3,10-16,18-23H2,1,4-9H3/t24-,27+,28+,29-,30+,31+,32-,33+,34-,35-,36+,37+,38-,40+,41-,42+,43+,44+,45+,46+,48-/m1/s1. The molecule has 13 nitrogen and oxygen atoms in total. The molecular formula is C48H72O13Si. The number of hydrogen-bond donors (Lipinski definition) is 0. The monoisotopic (exact) mass is 884 g/mol. The molecule has 21 atom stereocenters. The predicted molar refractivity (Wildman–Crippen MR) is 228 cm³/mol. The van der Waals surface area contributed by atoms with Gasteiger partial charge in [0.05, 0.1) is 79.7 Å². The van der Waals surface area contributed by atoms with E-state index in [1.807, 2.05) is 0 Å². The first-order valence-electron chi connectivity index (χ1n) is 24.1. The number of carbonyl (C=O) groups excluding carboxylic acids is 2. The smallest absolute Gasteiger partial charge is 0.308 e. The molecule has 346 valence electrons. The lowest BCUT2D eigenvalue weighted by molar-refractivity contribution is -0.293. The number of rotatable bonds is 4. The second-order valence-electron chi connectivity index (χ2n) is 22.2. The van der Waals surface area contributed by atoms with Gasteiger partial charge >= 0.3 is 5.97 Å². The van der Waals surface area contributed by atoms with Crippen molar-refractivity contribution in [1.29, 1.82) is 0 Å². The van der Waals surface area contributed by atoms with Gasteiger partial charge in [-0.05, 0) is 80.1 Å². The van der Waals surface area contributed by atoms with Crippen molar-refractivity contribution in [3.63, 3.8) is 0 Å². The Morgan fingerprint density at radius 2 is 1.42 bits per heavy atom. The molecule has 0 aromatic heterocycles. The highest BCUT2D eigenvalue weighted by molar-refractivity contribution is 6.74. The van der Waals surface area contributed by atoms with E-state index in [1.165, 1.54) is 0 Å². The van der Waals surface area contributed by atoms with Crippen molar-refractivity contribution >= 4 is 20.6 Å². The molecule has 14 heteroatoms. The molecule has 12 bridgehead atoms. The molecule has 0 N–H and O–H groups in total. The summed E-state index contributed by atoms with van der Waals surface area (Å²) in [6, 6.07) is 0. The van der Waals surface area contributed by atoms with Gasteiger partial charge in [-0.2, -0.15) is 0 Å². The van der Waals surface area contributed by atoms with Crippen LogP contribution in [-0.2, 0) is 61.4 Å². The molecule has 0 aliphatic carbocycles. The Morgan fingerprint density at radius 3 is 2.21 bits per heavy atom. The summed E-state index contributed by atoms with van der Waals surface area (Å²) in [5.41, 5.74) is 2.17. The highest BCUT2D eigenvalue weighted by Gasteiger charge is 2.69. The van der Waals surface area contributed by atoms with Crippen LogP contribution in [0.4, 0.5) is 0 Å². The van der Waals surface area contributed by atoms with Crippen LogP contribution >= 0.6 is 0 Å². The van der Waals surface area contributed by atoms with E-state index >= 15 is 0 Å². The fraction of sp³-hybridized carbons (Fsp3) is 0.875. The molecule has 11 fully saturated rings. The Hall–Kier alpha value is -1.56. The number of aldehydes is 1. The molecule has 11 heterocycles. The second-order valence-corrected chi connectivity index (χ2v) is 27.0. The normalized spacial score (nSPS) is 50.6. The molecule has 0 aromatic carbocycles. The van der Waals surface area contributed by atoms with E-state index in [4.69, 9.17) is 51.8 Å². The van der Waals surface area contributed by atoms with Gasteiger partial charge in [-0.15, -0.1) is 0 Å². The van der Waals surface area contributed by atoms with Crippen molar-refractivity contribution < 1.29 is 61.4 Å². The van der Waals surface area contributed by atoms with E-state index in [9.17, 15) is 9.59 Å². The van der Waals surface area contributed by atoms with Gasteiger partial charge in [-0.25, -0.2) is 0 Å². The zero-order chi connectivity index (χ0) is 43.5. The molecule has 11 saturated heterocycles. The Balaban J connectivity index is 0.932. The van der Waals surface area contributed by atoms with Gasteiger partial charge in [-0.3, -0.25) is 4.79 Å². The summed E-state index contributed by atoms with van der Waals surface area (Å²) in [5.74, 6) is -1.16. The molecule has 0 unspecified atom stereocenters. The van der Waals surface area contributed by atoms with Crippen molar-refractivity contribution in [1.82, 2.24) is 0 Å². The predicted octanol–water partition coefficient (Wildman–Crippen LogP) is 6.82. The summed E-state index contributed by atoms with van der Waals surface area (Å²) in [7, 11) is -2.23. The number of carbonyl (C=O) groups is 2.